The molecule has 1 atom stereocenters. The first kappa shape index (κ1) is 19.9. The van der Waals surface area contributed by atoms with Gasteiger partial charge in [0.15, 0.2) is 21.5 Å². The number of benzene rings is 1. The summed E-state index contributed by atoms with van der Waals surface area (Å²) >= 11 is 0. The van der Waals surface area contributed by atoms with Crippen LogP contribution in [-0.2, 0) is 9.84 Å². The lowest BCUT2D eigenvalue weighted by Gasteiger charge is -2.20. The highest BCUT2D eigenvalue weighted by molar-refractivity contribution is 7.91. The topological polar surface area (TPSA) is 90.1 Å². The Morgan fingerprint density at radius 3 is 2.35 bits per heavy atom. The van der Waals surface area contributed by atoms with E-state index in [0.717, 1.165) is 12.3 Å². The molecular formula is C17H17F3N2O3S. The van der Waals surface area contributed by atoms with Crippen molar-refractivity contribution in [2.75, 3.05) is 5.75 Å². The van der Waals surface area contributed by atoms with E-state index >= 15 is 0 Å². The van der Waals surface area contributed by atoms with Crippen molar-refractivity contribution in [2.24, 2.45) is 5.73 Å². The maximum absolute atomic E-state index is 14.3. The largest absolute Gasteiger partial charge is 0.364 e. The van der Waals surface area contributed by atoms with E-state index in [1.807, 2.05) is 0 Å². The fourth-order valence-electron chi connectivity index (χ4n) is 2.51. The zero-order chi connectivity index (χ0) is 19.5. The highest BCUT2D eigenvalue weighted by Gasteiger charge is 2.35. The maximum Gasteiger partial charge on any atom is 0.267 e. The molecule has 26 heavy (non-hydrogen) atoms. The number of rotatable bonds is 7. The van der Waals surface area contributed by atoms with E-state index in [-0.39, 0.29) is 23.4 Å². The molecule has 0 aliphatic rings. The molecule has 0 bridgehead atoms. The van der Waals surface area contributed by atoms with Crippen molar-refractivity contribution in [1.29, 1.82) is 0 Å². The van der Waals surface area contributed by atoms with Crippen LogP contribution in [-0.4, -0.2) is 25.1 Å². The lowest BCUT2D eigenvalue weighted by atomic mass is 10.0. The van der Waals surface area contributed by atoms with Gasteiger partial charge in [-0.25, -0.2) is 21.6 Å². The first-order chi connectivity index (χ1) is 12.2. The predicted octanol–water partition coefficient (Wildman–Crippen LogP) is 2.90. The lowest BCUT2D eigenvalue weighted by Crippen LogP contribution is -2.22. The quantitative estimate of drug-likeness (QED) is 0.741. The molecule has 2 aromatic rings. The summed E-state index contributed by atoms with van der Waals surface area (Å²) in [6.45, 7) is 1.76. The third kappa shape index (κ3) is 4.04. The molecule has 0 aliphatic carbocycles. The van der Waals surface area contributed by atoms with Crippen molar-refractivity contribution in [1.82, 2.24) is 4.98 Å². The average Bonchev–Trinajstić information content (AvgIpc) is 2.60. The molecule has 0 fully saturated rings. The van der Waals surface area contributed by atoms with E-state index in [1.165, 1.54) is 6.07 Å². The molecule has 1 aromatic heterocycles. The van der Waals surface area contributed by atoms with Gasteiger partial charge >= 0.3 is 0 Å². The molecule has 5 nitrogen and oxygen atoms in total. The van der Waals surface area contributed by atoms with Crippen molar-refractivity contribution in [3.8, 4) is 0 Å². The number of primary amides is 1. The minimum absolute atomic E-state index is 0.0884. The summed E-state index contributed by atoms with van der Waals surface area (Å²) in [5.74, 6) is -5.31. The molecular weight excluding hydrogens is 369 g/mol. The fourth-order valence-corrected chi connectivity index (χ4v) is 4.56. The number of carbonyl (C=O) groups excluding carboxylic acids is 1. The summed E-state index contributed by atoms with van der Waals surface area (Å²) in [7, 11) is -4.09. The number of pyridine rings is 1. The number of aromatic nitrogens is 1. The number of nitrogens with two attached hydrogens (primary N) is 1. The van der Waals surface area contributed by atoms with Crippen molar-refractivity contribution in [3.63, 3.8) is 0 Å². The van der Waals surface area contributed by atoms with Gasteiger partial charge in [-0.3, -0.25) is 9.78 Å². The van der Waals surface area contributed by atoms with Crippen LogP contribution >= 0.6 is 0 Å². The Hall–Kier alpha value is -2.42. The Labute approximate surface area is 149 Å². The summed E-state index contributed by atoms with van der Waals surface area (Å²) in [5, 5.41) is -1.79. The van der Waals surface area contributed by atoms with Crippen molar-refractivity contribution in [2.45, 2.75) is 25.0 Å². The van der Waals surface area contributed by atoms with Gasteiger partial charge in [0.1, 0.15) is 16.8 Å². The molecule has 0 saturated heterocycles. The van der Waals surface area contributed by atoms with Crippen LogP contribution in [0.3, 0.4) is 0 Å². The molecule has 140 valence electrons. The molecule has 2 N–H and O–H groups in total. The van der Waals surface area contributed by atoms with Gasteiger partial charge in [0, 0.05) is 11.8 Å². The van der Waals surface area contributed by atoms with Crippen LogP contribution in [0.5, 0.6) is 0 Å². The minimum Gasteiger partial charge on any atom is -0.364 e. The Morgan fingerprint density at radius 2 is 1.81 bits per heavy atom. The minimum atomic E-state index is -4.09. The fraction of sp³-hybridized carbons (Fsp3) is 0.294. The number of amides is 1. The van der Waals surface area contributed by atoms with Gasteiger partial charge in [-0.2, -0.15) is 0 Å². The molecule has 0 radical (unpaired) electrons. The zero-order valence-corrected chi connectivity index (χ0v) is 14.7. The number of unbranched alkanes of at least 4 members (excludes halogenated alkanes) is 1. The van der Waals surface area contributed by atoms with Gasteiger partial charge in [-0.05, 0) is 30.2 Å². The number of halogens is 3. The third-order valence-electron chi connectivity index (χ3n) is 3.82. The SMILES string of the molecule is CCCCS(=O)(=O)C(c1ccc(C(N)=O)nc1)c1c(F)ccc(F)c1F. The summed E-state index contributed by atoms with van der Waals surface area (Å²) in [6.07, 6.45) is 1.81. The van der Waals surface area contributed by atoms with Gasteiger partial charge in [-0.15, -0.1) is 0 Å². The Bertz CT molecular complexity index is 916. The van der Waals surface area contributed by atoms with Gasteiger partial charge in [-0.1, -0.05) is 19.4 Å². The first-order valence-corrected chi connectivity index (χ1v) is 9.51. The molecule has 0 spiro atoms. The molecule has 0 aliphatic heterocycles. The van der Waals surface area contributed by atoms with Crippen LogP contribution in [0.4, 0.5) is 13.2 Å². The number of hydrogen-bond donors (Lipinski definition) is 1. The summed E-state index contributed by atoms with van der Waals surface area (Å²) < 4.78 is 67.7. The highest BCUT2D eigenvalue weighted by Crippen LogP contribution is 2.35. The molecule has 9 heteroatoms. The van der Waals surface area contributed by atoms with E-state index in [9.17, 15) is 26.4 Å². The predicted molar refractivity (Wildman–Crippen MR) is 89.6 cm³/mol. The van der Waals surface area contributed by atoms with E-state index < -0.39 is 44.0 Å². The molecule has 1 aromatic carbocycles. The smallest absolute Gasteiger partial charge is 0.267 e. The van der Waals surface area contributed by atoms with Gasteiger partial charge < -0.3 is 5.73 Å². The summed E-state index contributed by atoms with van der Waals surface area (Å²) in [5.41, 5.74) is 3.95. The molecule has 1 amide bonds. The Kier molecular flexibility index (Phi) is 6.01. The van der Waals surface area contributed by atoms with Gasteiger partial charge in [0.05, 0.1) is 5.75 Å². The maximum atomic E-state index is 14.3. The van der Waals surface area contributed by atoms with E-state index in [1.54, 1.807) is 6.92 Å². The summed E-state index contributed by atoms with van der Waals surface area (Å²) in [4.78, 5) is 14.8. The van der Waals surface area contributed by atoms with Crippen LogP contribution in [0, 0.1) is 17.5 Å². The van der Waals surface area contributed by atoms with Crippen LogP contribution in [0.1, 0.15) is 46.6 Å². The van der Waals surface area contributed by atoms with Crippen molar-refractivity contribution < 1.29 is 26.4 Å². The number of carbonyl (C=O) groups is 1. The third-order valence-corrected chi connectivity index (χ3v) is 5.91. The second kappa shape index (κ2) is 7.86. The van der Waals surface area contributed by atoms with E-state index in [4.69, 9.17) is 5.73 Å². The standard InChI is InChI=1S/C17H17F3N2O3S/c1-2-3-8-26(24,25)16(10-4-7-13(17(21)23)22-9-10)14-11(18)5-6-12(19)15(14)20/h4-7,9,16H,2-3,8H2,1H3,(H2,21,23). The lowest BCUT2D eigenvalue weighted by molar-refractivity contribution is 0.0995. The van der Waals surface area contributed by atoms with E-state index in [0.29, 0.717) is 18.6 Å². The van der Waals surface area contributed by atoms with Crippen LogP contribution < -0.4 is 5.73 Å². The van der Waals surface area contributed by atoms with Gasteiger partial charge in [0.25, 0.3) is 5.91 Å². The van der Waals surface area contributed by atoms with Gasteiger partial charge in [0.2, 0.25) is 0 Å². The van der Waals surface area contributed by atoms with E-state index in [2.05, 4.69) is 4.98 Å². The van der Waals surface area contributed by atoms with Crippen LogP contribution in [0.25, 0.3) is 0 Å². The van der Waals surface area contributed by atoms with Crippen molar-refractivity contribution >= 4 is 15.7 Å². The molecule has 2 rings (SSSR count). The number of nitrogens with zero attached hydrogens (tertiary/aromatic N) is 1. The van der Waals surface area contributed by atoms with Crippen molar-refractivity contribution in [3.05, 3.63) is 64.7 Å². The number of sulfone groups is 1. The van der Waals surface area contributed by atoms with Crippen LogP contribution in [0.15, 0.2) is 30.5 Å². The summed E-state index contributed by atoms with van der Waals surface area (Å²) in [6, 6.07) is 3.58. The molecule has 1 unspecified atom stereocenters. The number of hydrogen-bond acceptors (Lipinski definition) is 4. The molecule has 0 saturated carbocycles. The van der Waals surface area contributed by atoms with Crippen LogP contribution in [0.2, 0.25) is 0 Å². The monoisotopic (exact) mass is 386 g/mol. The second-order valence-corrected chi connectivity index (χ2v) is 7.90. The first-order valence-electron chi connectivity index (χ1n) is 7.79. The Balaban J connectivity index is 2.68. The highest BCUT2D eigenvalue weighted by atomic mass is 32.2. The Morgan fingerprint density at radius 1 is 1.15 bits per heavy atom. The second-order valence-electron chi connectivity index (χ2n) is 5.70. The molecule has 1 heterocycles. The average molecular weight is 386 g/mol. The normalized spacial score (nSPS) is 12.8. The zero-order valence-electron chi connectivity index (χ0n) is 13.9.